The third kappa shape index (κ3) is 10.00. The van der Waals surface area contributed by atoms with Crippen LogP contribution < -0.4 is 0 Å². The molecule has 2 unspecified atom stereocenters. The molecule has 0 saturated carbocycles. The molecule has 104 valence electrons. The molecule has 0 bridgehead atoms. The van der Waals surface area contributed by atoms with Crippen molar-refractivity contribution in [2.24, 2.45) is 0 Å². The van der Waals surface area contributed by atoms with Gasteiger partial charge in [-0.3, -0.25) is 0 Å². The highest BCUT2D eigenvalue weighted by atomic mass is 32.2. The second-order valence-corrected chi connectivity index (χ2v) is 6.85. The van der Waals surface area contributed by atoms with Crippen molar-refractivity contribution in [3.05, 3.63) is 0 Å². The minimum atomic E-state index is 0.938. The Morgan fingerprint density at radius 3 is 1.29 bits per heavy atom. The van der Waals surface area contributed by atoms with E-state index in [4.69, 9.17) is 0 Å². The van der Waals surface area contributed by atoms with Crippen LogP contribution in [0.1, 0.15) is 91.9 Å². The van der Waals surface area contributed by atoms with Crippen LogP contribution in [0.2, 0.25) is 0 Å². The lowest BCUT2D eigenvalue weighted by Gasteiger charge is -2.23. The molecule has 2 atom stereocenters. The first kappa shape index (κ1) is 17.4. The van der Waals surface area contributed by atoms with Crippen molar-refractivity contribution in [1.82, 2.24) is 0 Å². The predicted octanol–water partition coefficient (Wildman–Crippen LogP) is 6.44. The first-order valence-corrected chi connectivity index (χ1v) is 8.88. The average molecular weight is 259 g/mol. The van der Waals surface area contributed by atoms with Crippen molar-refractivity contribution in [2.45, 2.75) is 102 Å². The maximum absolute atomic E-state index is 2.33. The average Bonchev–Trinajstić information content (AvgIpc) is 2.33. The minimum absolute atomic E-state index is 0.938. The van der Waals surface area contributed by atoms with Crippen molar-refractivity contribution >= 4 is 11.8 Å². The fourth-order valence-electron chi connectivity index (χ4n) is 2.34. The molecule has 1 heteroatoms. The second kappa shape index (κ2) is 12.8. The van der Waals surface area contributed by atoms with Gasteiger partial charge in [0, 0.05) is 10.5 Å². The van der Waals surface area contributed by atoms with Gasteiger partial charge in [0.25, 0.3) is 0 Å². The normalized spacial score (nSPS) is 14.8. The van der Waals surface area contributed by atoms with Gasteiger partial charge >= 0.3 is 0 Å². The van der Waals surface area contributed by atoms with Gasteiger partial charge in [-0.05, 0) is 25.7 Å². The lowest BCUT2D eigenvalue weighted by molar-refractivity contribution is 0.612. The van der Waals surface area contributed by atoms with E-state index in [-0.39, 0.29) is 0 Å². The van der Waals surface area contributed by atoms with E-state index in [0.717, 1.165) is 10.5 Å². The third-order valence-electron chi connectivity index (χ3n) is 3.37. The molecule has 0 spiro atoms. The summed E-state index contributed by atoms with van der Waals surface area (Å²) in [6, 6.07) is 0. The third-order valence-corrected chi connectivity index (χ3v) is 5.08. The van der Waals surface area contributed by atoms with Crippen LogP contribution in [0.5, 0.6) is 0 Å². The van der Waals surface area contributed by atoms with Gasteiger partial charge in [-0.1, -0.05) is 66.2 Å². The van der Waals surface area contributed by atoms with E-state index in [2.05, 4.69) is 39.5 Å². The first-order chi connectivity index (χ1) is 8.28. The van der Waals surface area contributed by atoms with Gasteiger partial charge in [0.2, 0.25) is 0 Å². The Morgan fingerprint density at radius 2 is 1.00 bits per heavy atom. The molecule has 0 nitrogen and oxygen atoms in total. The molecule has 0 fully saturated rings. The van der Waals surface area contributed by atoms with Crippen molar-refractivity contribution in [2.75, 3.05) is 0 Å². The summed E-state index contributed by atoms with van der Waals surface area (Å²) < 4.78 is 0. The van der Waals surface area contributed by atoms with E-state index in [9.17, 15) is 0 Å². The van der Waals surface area contributed by atoms with Crippen LogP contribution in [-0.2, 0) is 0 Å². The summed E-state index contributed by atoms with van der Waals surface area (Å²) in [5.41, 5.74) is 0. The smallest absolute Gasteiger partial charge is 0.00497 e. The summed E-state index contributed by atoms with van der Waals surface area (Å²) in [5.74, 6) is 0. The Hall–Kier alpha value is 0.350. The van der Waals surface area contributed by atoms with E-state index in [1.165, 1.54) is 64.2 Å². The number of unbranched alkanes of at least 4 members (excludes halogenated alkanes) is 2. The number of thioether (sulfide) groups is 1. The molecule has 0 amide bonds. The summed E-state index contributed by atoms with van der Waals surface area (Å²) in [6.45, 7) is 9.29. The predicted molar refractivity (Wildman–Crippen MR) is 84.0 cm³/mol. The second-order valence-electron chi connectivity index (χ2n) is 5.24. The quantitative estimate of drug-likeness (QED) is 0.388. The van der Waals surface area contributed by atoms with Gasteiger partial charge in [-0.2, -0.15) is 11.8 Å². The van der Waals surface area contributed by atoms with E-state index in [1.807, 2.05) is 0 Å². The molecule has 0 aliphatic heterocycles. The maximum atomic E-state index is 2.33. The summed E-state index contributed by atoms with van der Waals surface area (Å²) in [7, 11) is 0. The first-order valence-electron chi connectivity index (χ1n) is 7.93. The molecule has 0 heterocycles. The summed E-state index contributed by atoms with van der Waals surface area (Å²) in [4.78, 5) is 0. The molecule has 0 N–H and O–H groups in total. The lowest BCUT2D eigenvalue weighted by atomic mass is 10.1. The monoisotopic (exact) mass is 258 g/mol. The van der Waals surface area contributed by atoms with Crippen molar-refractivity contribution < 1.29 is 0 Å². The van der Waals surface area contributed by atoms with E-state index >= 15 is 0 Å². The molecule has 0 aromatic heterocycles. The molecule has 0 aliphatic rings. The van der Waals surface area contributed by atoms with Gasteiger partial charge in [0.05, 0.1) is 0 Å². The molecule has 17 heavy (non-hydrogen) atoms. The largest absolute Gasteiger partial charge is 0.155 e. The highest BCUT2D eigenvalue weighted by Gasteiger charge is 2.15. The highest BCUT2D eigenvalue weighted by Crippen LogP contribution is 2.31. The SMILES string of the molecule is CCCCC(CCC)SC(CCC)CCCC. The highest BCUT2D eigenvalue weighted by molar-refractivity contribution is 8.00. The maximum Gasteiger partial charge on any atom is 0.00497 e. The zero-order chi connectivity index (χ0) is 12.9. The Kier molecular flexibility index (Phi) is 13.1. The molecule has 0 aliphatic carbocycles. The van der Waals surface area contributed by atoms with Gasteiger partial charge in [0.1, 0.15) is 0 Å². The molecular formula is C16H34S. The van der Waals surface area contributed by atoms with Crippen LogP contribution in [0.25, 0.3) is 0 Å². The standard InChI is InChI=1S/C16H34S/c1-5-9-13-15(11-7-3)17-16(12-8-4)14-10-6-2/h15-16H,5-14H2,1-4H3. The Balaban J connectivity index is 4.02. The van der Waals surface area contributed by atoms with Crippen molar-refractivity contribution in [1.29, 1.82) is 0 Å². The van der Waals surface area contributed by atoms with E-state index < -0.39 is 0 Å². The van der Waals surface area contributed by atoms with Crippen molar-refractivity contribution in [3.63, 3.8) is 0 Å². The summed E-state index contributed by atoms with van der Waals surface area (Å²) in [6.07, 6.45) is 14.0. The molecule has 0 saturated heterocycles. The summed E-state index contributed by atoms with van der Waals surface area (Å²) >= 11 is 2.32. The Bertz CT molecular complexity index is 128. The van der Waals surface area contributed by atoms with Crippen molar-refractivity contribution in [3.8, 4) is 0 Å². The van der Waals surface area contributed by atoms with Crippen LogP contribution in [-0.4, -0.2) is 10.5 Å². The van der Waals surface area contributed by atoms with Gasteiger partial charge < -0.3 is 0 Å². The Morgan fingerprint density at radius 1 is 0.588 bits per heavy atom. The molecule has 0 aromatic rings. The van der Waals surface area contributed by atoms with Crippen LogP contribution in [0.15, 0.2) is 0 Å². The van der Waals surface area contributed by atoms with Gasteiger partial charge in [-0.25, -0.2) is 0 Å². The minimum Gasteiger partial charge on any atom is -0.155 e. The van der Waals surface area contributed by atoms with E-state index in [1.54, 1.807) is 0 Å². The van der Waals surface area contributed by atoms with Crippen LogP contribution in [0.3, 0.4) is 0 Å². The molecule has 0 aromatic carbocycles. The zero-order valence-corrected chi connectivity index (χ0v) is 13.5. The molecular weight excluding hydrogens is 224 g/mol. The van der Waals surface area contributed by atoms with Crippen LogP contribution >= 0.6 is 11.8 Å². The lowest BCUT2D eigenvalue weighted by Crippen LogP contribution is -2.11. The number of hydrogen-bond acceptors (Lipinski definition) is 1. The fourth-order valence-corrected chi connectivity index (χ4v) is 4.23. The number of rotatable bonds is 12. The van der Waals surface area contributed by atoms with Crippen LogP contribution in [0, 0.1) is 0 Å². The Labute approximate surface area is 114 Å². The topological polar surface area (TPSA) is 0 Å². The van der Waals surface area contributed by atoms with Crippen LogP contribution in [0.4, 0.5) is 0 Å². The zero-order valence-electron chi connectivity index (χ0n) is 12.6. The summed E-state index contributed by atoms with van der Waals surface area (Å²) in [5, 5.41) is 1.88. The number of hydrogen-bond donors (Lipinski definition) is 0. The molecule has 0 rings (SSSR count). The van der Waals surface area contributed by atoms with Gasteiger partial charge in [-0.15, -0.1) is 0 Å². The van der Waals surface area contributed by atoms with Gasteiger partial charge in [0.15, 0.2) is 0 Å². The molecule has 0 radical (unpaired) electrons. The van der Waals surface area contributed by atoms with E-state index in [0.29, 0.717) is 0 Å². The fraction of sp³-hybridized carbons (Fsp3) is 1.00.